The molecule has 2 aliphatic heterocycles. The molecule has 0 amide bonds. The molecular weight excluding hydrogens is 476 g/mol. The summed E-state index contributed by atoms with van der Waals surface area (Å²) in [5.74, 6) is 2.18. The zero-order chi connectivity index (χ0) is 24.7. The van der Waals surface area contributed by atoms with Crippen molar-refractivity contribution in [2.24, 2.45) is 0 Å². The maximum absolute atomic E-state index is 10.6. The summed E-state index contributed by atoms with van der Waals surface area (Å²) >= 11 is -2.50. The van der Waals surface area contributed by atoms with E-state index in [9.17, 15) is 8.76 Å². The first-order chi connectivity index (χ1) is 17.6. The summed E-state index contributed by atoms with van der Waals surface area (Å²) in [6.07, 6.45) is 13.6. The van der Waals surface area contributed by atoms with Crippen LogP contribution in [-0.4, -0.2) is 68.6 Å². The van der Waals surface area contributed by atoms with Gasteiger partial charge in [0.25, 0.3) is 0 Å². The standard InChI is InChI=1S/C26H38N6O3S/c33-36(34)35-19-28-23-4-3-13-32(18-23)26-17-27-16-25(30-26)29-22-9-7-20(8-10-22)21-11-14-31(15-12-21)24-5-1-2-6-24/h7-10,16-17,21,23-24,28H,1-6,11-15,18-19H2,(H,29,30)(H,33,34)/p-1/t23-/m1/s1. The summed E-state index contributed by atoms with van der Waals surface area (Å²) in [6.45, 7) is 4.06. The van der Waals surface area contributed by atoms with E-state index in [-0.39, 0.29) is 12.8 Å². The van der Waals surface area contributed by atoms with Crippen LogP contribution in [0, 0.1) is 0 Å². The number of benzene rings is 1. The molecule has 9 nitrogen and oxygen atoms in total. The lowest BCUT2D eigenvalue weighted by atomic mass is 9.88. The molecule has 3 fully saturated rings. The number of hydrogen-bond acceptors (Lipinski definition) is 9. The highest BCUT2D eigenvalue weighted by Crippen LogP contribution is 2.33. The van der Waals surface area contributed by atoms with Crippen LogP contribution >= 0.6 is 0 Å². The van der Waals surface area contributed by atoms with Crippen molar-refractivity contribution in [3.8, 4) is 0 Å². The predicted molar refractivity (Wildman–Crippen MR) is 141 cm³/mol. The molecule has 1 unspecified atom stereocenters. The number of aromatic nitrogens is 2. The molecule has 2 aromatic rings. The van der Waals surface area contributed by atoms with Gasteiger partial charge in [-0.15, -0.1) is 0 Å². The first-order valence-corrected chi connectivity index (χ1v) is 14.3. The fourth-order valence-corrected chi connectivity index (χ4v) is 6.14. The zero-order valence-electron chi connectivity index (χ0n) is 20.8. The van der Waals surface area contributed by atoms with Crippen LogP contribution in [0.1, 0.15) is 62.8 Å². The third-order valence-corrected chi connectivity index (χ3v) is 8.23. The Bertz CT molecular complexity index is 995. The summed E-state index contributed by atoms with van der Waals surface area (Å²) in [7, 11) is 0. The number of hydrogen-bond donors (Lipinski definition) is 2. The molecule has 0 bridgehead atoms. The summed E-state index contributed by atoms with van der Waals surface area (Å²) < 4.78 is 25.7. The Morgan fingerprint density at radius 2 is 1.78 bits per heavy atom. The molecule has 3 heterocycles. The van der Waals surface area contributed by atoms with Gasteiger partial charge in [-0.25, -0.2) is 9.19 Å². The first kappa shape index (κ1) is 25.5. The van der Waals surface area contributed by atoms with Crippen LogP contribution in [0.25, 0.3) is 0 Å². The van der Waals surface area contributed by atoms with E-state index < -0.39 is 11.4 Å². The van der Waals surface area contributed by atoms with Gasteiger partial charge in [0.1, 0.15) is 12.5 Å². The Kier molecular flexibility index (Phi) is 8.81. The highest BCUT2D eigenvalue weighted by molar-refractivity contribution is 7.74. The second-order valence-electron chi connectivity index (χ2n) is 10.2. The lowest BCUT2D eigenvalue weighted by Crippen LogP contribution is -2.46. The molecule has 0 radical (unpaired) electrons. The largest absolute Gasteiger partial charge is 0.750 e. The van der Waals surface area contributed by atoms with Gasteiger partial charge in [-0.2, -0.15) is 0 Å². The first-order valence-electron chi connectivity index (χ1n) is 13.3. The maximum Gasteiger partial charge on any atom is 0.151 e. The van der Waals surface area contributed by atoms with Gasteiger partial charge < -0.3 is 19.7 Å². The minimum absolute atomic E-state index is 0.0164. The number of rotatable bonds is 9. The average Bonchev–Trinajstić information content (AvgIpc) is 3.45. The Balaban J connectivity index is 1.13. The maximum atomic E-state index is 10.6. The highest BCUT2D eigenvalue weighted by atomic mass is 32.2. The van der Waals surface area contributed by atoms with Gasteiger partial charge in [0.15, 0.2) is 5.82 Å². The Morgan fingerprint density at radius 3 is 2.53 bits per heavy atom. The van der Waals surface area contributed by atoms with E-state index in [0.29, 0.717) is 11.7 Å². The van der Waals surface area contributed by atoms with E-state index in [2.05, 4.69) is 53.9 Å². The monoisotopic (exact) mass is 513 g/mol. The van der Waals surface area contributed by atoms with Crippen LogP contribution in [0.15, 0.2) is 36.7 Å². The van der Waals surface area contributed by atoms with Crippen LogP contribution < -0.4 is 15.5 Å². The lowest BCUT2D eigenvalue weighted by molar-refractivity contribution is 0.154. The van der Waals surface area contributed by atoms with Crippen molar-refractivity contribution in [3.63, 3.8) is 0 Å². The third kappa shape index (κ3) is 6.80. The second-order valence-corrected chi connectivity index (χ2v) is 10.9. The van der Waals surface area contributed by atoms with Gasteiger partial charge in [-0.1, -0.05) is 25.0 Å². The summed E-state index contributed by atoms with van der Waals surface area (Å²) in [4.78, 5) is 14.1. The summed E-state index contributed by atoms with van der Waals surface area (Å²) in [5, 5.41) is 6.54. The zero-order valence-corrected chi connectivity index (χ0v) is 21.6. The number of likely N-dealkylation sites (tertiary alicyclic amines) is 1. The van der Waals surface area contributed by atoms with Crippen LogP contribution in [0.5, 0.6) is 0 Å². The van der Waals surface area contributed by atoms with Crippen molar-refractivity contribution < 1.29 is 12.9 Å². The van der Waals surface area contributed by atoms with Crippen LogP contribution in [0.4, 0.5) is 17.3 Å². The minimum Gasteiger partial charge on any atom is -0.750 e. The molecule has 2 N–H and O–H groups in total. The van der Waals surface area contributed by atoms with E-state index in [1.165, 1.54) is 57.2 Å². The van der Waals surface area contributed by atoms with Gasteiger partial charge in [-0.3, -0.25) is 14.5 Å². The minimum atomic E-state index is -2.50. The number of anilines is 3. The molecule has 3 aliphatic rings. The Hall–Kier alpha value is -2.11. The van der Waals surface area contributed by atoms with Crippen molar-refractivity contribution >= 4 is 28.7 Å². The molecule has 2 atom stereocenters. The summed E-state index contributed by atoms with van der Waals surface area (Å²) in [6, 6.07) is 9.78. The fraction of sp³-hybridized carbons (Fsp3) is 0.615. The van der Waals surface area contributed by atoms with Crippen LogP contribution in [0.3, 0.4) is 0 Å². The molecule has 36 heavy (non-hydrogen) atoms. The molecule has 1 aliphatic carbocycles. The summed E-state index contributed by atoms with van der Waals surface area (Å²) in [5.41, 5.74) is 2.44. The molecule has 1 aromatic heterocycles. The molecule has 196 valence electrons. The Labute approximate surface area is 216 Å². The molecule has 2 saturated heterocycles. The SMILES string of the molecule is O=S([O-])OCN[C@@H]1CCCN(c2cncc(Nc3ccc(C4CCN(C5CCCC5)CC4)cc3)n2)C1. The van der Waals surface area contributed by atoms with E-state index in [1.54, 1.807) is 12.4 Å². The molecule has 1 aromatic carbocycles. The molecular formula is C26H37N6O3S-. The van der Waals surface area contributed by atoms with Gasteiger partial charge in [0.2, 0.25) is 0 Å². The highest BCUT2D eigenvalue weighted by Gasteiger charge is 2.27. The third-order valence-electron chi connectivity index (χ3n) is 7.92. The van der Waals surface area contributed by atoms with Crippen molar-refractivity contribution in [2.45, 2.75) is 69.4 Å². The van der Waals surface area contributed by atoms with Crippen LogP contribution in [0.2, 0.25) is 0 Å². The number of piperidine rings is 2. The molecule has 1 saturated carbocycles. The number of nitrogens with zero attached hydrogens (tertiary/aromatic N) is 4. The fourth-order valence-electron chi connectivity index (χ4n) is 5.97. The van der Waals surface area contributed by atoms with Gasteiger partial charge >= 0.3 is 0 Å². The van der Waals surface area contributed by atoms with Crippen LogP contribution in [-0.2, 0) is 15.5 Å². The van der Waals surface area contributed by atoms with Crippen molar-refractivity contribution in [2.75, 3.05) is 43.1 Å². The normalized spacial score (nSPS) is 23.1. The van der Waals surface area contributed by atoms with Crippen molar-refractivity contribution in [3.05, 3.63) is 42.2 Å². The van der Waals surface area contributed by atoms with Gasteiger partial charge in [0.05, 0.1) is 23.8 Å². The van der Waals surface area contributed by atoms with Gasteiger partial charge in [0, 0.05) is 30.9 Å². The molecule has 0 spiro atoms. The van der Waals surface area contributed by atoms with E-state index in [1.807, 2.05) is 0 Å². The topological polar surface area (TPSA) is 106 Å². The predicted octanol–water partition coefficient (Wildman–Crippen LogP) is 3.67. The average molecular weight is 514 g/mol. The van der Waals surface area contributed by atoms with Crippen molar-refractivity contribution in [1.82, 2.24) is 20.2 Å². The quantitative estimate of drug-likeness (QED) is 0.384. The molecule has 5 rings (SSSR count). The van der Waals surface area contributed by atoms with E-state index in [0.717, 1.165) is 43.5 Å². The van der Waals surface area contributed by atoms with E-state index in [4.69, 9.17) is 4.98 Å². The lowest BCUT2D eigenvalue weighted by Gasteiger charge is -2.36. The van der Waals surface area contributed by atoms with Gasteiger partial charge in [-0.05, 0) is 75.2 Å². The second kappa shape index (κ2) is 12.4. The smallest absolute Gasteiger partial charge is 0.151 e. The van der Waals surface area contributed by atoms with Crippen molar-refractivity contribution in [1.29, 1.82) is 0 Å². The molecule has 10 heteroatoms. The van der Waals surface area contributed by atoms with E-state index >= 15 is 0 Å². The Morgan fingerprint density at radius 1 is 1.00 bits per heavy atom. The number of nitrogens with one attached hydrogen (secondary N) is 2.